The first kappa shape index (κ1) is 15.2. The molecule has 1 heterocycles. The average molecular weight is 300 g/mol. The van der Waals surface area contributed by atoms with Gasteiger partial charge in [-0.3, -0.25) is 4.79 Å². The van der Waals surface area contributed by atoms with Gasteiger partial charge in [-0.05, 0) is 38.5 Å². The van der Waals surface area contributed by atoms with Crippen molar-refractivity contribution in [3.63, 3.8) is 0 Å². The summed E-state index contributed by atoms with van der Waals surface area (Å²) in [6.45, 7) is 6.14. The molecule has 0 saturated carbocycles. The molecule has 0 N–H and O–H groups in total. The maximum absolute atomic E-state index is 12.5. The predicted molar refractivity (Wildman–Crippen MR) is 81.9 cm³/mol. The molecule has 0 aliphatic carbocycles. The molecule has 0 amide bonds. The lowest BCUT2D eigenvalue weighted by Crippen LogP contribution is -2.11. The predicted octanol–water partition coefficient (Wildman–Crippen LogP) is 3.65. The minimum Gasteiger partial charge on any atom is -0.494 e. The van der Waals surface area contributed by atoms with Gasteiger partial charge in [0, 0.05) is 0 Å². The van der Waals surface area contributed by atoms with Crippen molar-refractivity contribution in [2.75, 3.05) is 6.61 Å². The standard InChI is InChI=1S/C16H16N2O2S/c1-4-20-13-7-5-12(6-8-13)14(9-17)15(19)16-10(2)18-11(3)21-16/h5-8,14H,4H2,1-3H3. The molecule has 21 heavy (non-hydrogen) atoms. The molecule has 0 aliphatic rings. The molecule has 1 aromatic carbocycles. The number of nitriles is 1. The molecule has 2 aromatic rings. The van der Waals surface area contributed by atoms with Crippen molar-refractivity contribution < 1.29 is 9.53 Å². The lowest BCUT2D eigenvalue weighted by atomic mass is 9.95. The first-order valence-electron chi connectivity index (χ1n) is 6.67. The molecule has 0 spiro atoms. The molecule has 4 nitrogen and oxygen atoms in total. The van der Waals surface area contributed by atoms with E-state index >= 15 is 0 Å². The number of hydrogen-bond donors (Lipinski definition) is 0. The second kappa shape index (κ2) is 6.51. The summed E-state index contributed by atoms with van der Waals surface area (Å²) in [7, 11) is 0. The fourth-order valence-electron chi connectivity index (χ4n) is 2.10. The molecule has 108 valence electrons. The van der Waals surface area contributed by atoms with Crippen molar-refractivity contribution in [2.45, 2.75) is 26.7 Å². The first-order valence-corrected chi connectivity index (χ1v) is 7.49. The van der Waals surface area contributed by atoms with Gasteiger partial charge in [-0.15, -0.1) is 11.3 Å². The van der Waals surface area contributed by atoms with Crippen molar-refractivity contribution in [3.8, 4) is 11.8 Å². The zero-order chi connectivity index (χ0) is 15.4. The summed E-state index contributed by atoms with van der Waals surface area (Å²) < 4.78 is 5.37. The van der Waals surface area contributed by atoms with Crippen LogP contribution in [0.4, 0.5) is 0 Å². The van der Waals surface area contributed by atoms with Crippen molar-refractivity contribution in [2.24, 2.45) is 0 Å². The molecule has 2 rings (SSSR count). The van der Waals surface area contributed by atoms with Crippen LogP contribution in [-0.2, 0) is 0 Å². The van der Waals surface area contributed by atoms with Gasteiger partial charge in [0.25, 0.3) is 0 Å². The minimum absolute atomic E-state index is 0.190. The van der Waals surface area contributed by atoms with E-state index in [1.54, 1.807) is 31.2 Å². The van der Waals surface area contributed by atoms with Crippen molar-refractivity contribution in [3.05, 3.63) is 45.4 Å². The van der Waals surface area contributed by atoms with Crippen molar-refractivity contribution in [1.29, 1.82) is 5.26 Å². The Kier molecular flexibility index (Phi) is 4.71. The van der Waals surface area contributed by atoms with Crippen LogP contribution in [0.1, 0.15) is 38.8 Å². The van der Waals surface area contributed by atoms with E-state index in [0.717, 1.165) is 10.8 Å². The van der Waals surface area contributed by atoms with Crippen LogP contribution < -0.4 is 4.74 Å². The molecule has 1 atom stereocenters. The van der Waals surface area contributed by atoms with Gasteiger partial charge >= 0.3 is 0 Å². The molecular weight excluding hydrogens is 284 g/mol. The van der Waals surface area contributed by atoms with E-state index in [-0.39, 0.29) is 5.78 Å². The zero-order valence-electron chi connectivity index (χ0n) is 12.2. The van der Waals surface area contributed by atoms with E-state index in [1.807, 2.05) is 13.8 Å². The van der Waals surface area contributed by atoms with Crippen LogP contribution in [0.5, 0.6) is 5.75 Å². The molecule has 1 aromatic heterocycles. The summed E-state index contributed by atoms with van der Waals surface area (Å²) >= 11 is 1.34. The molecule has 0 bridgehead atoms. The number of ketones is 1. The molecular formula is C16H16N2O2S. The Morgan fingerprint density at radius 1 is 1.38 bits per heavy atom. The smallest absolute Gasteiger partial charge is 0.196 e. The van der Waals surface area contributed by atoms with E-state index in [2.05, 4.69) is 11.1 Å². The second-order valence-corrected chi connectivity index (χ2v) is 5.78. The van der Waals surface area contributed by atoms with Crippen LogP contribution >= 0.6 is 11.3 Å². The fourth-order valence-corrected chi connectivity index (χ4v) is 2.99. The van der Waals surface area contributed by atoms with Crippen LogP contribution in [0.2, 0.25) is 0 Å². The highest BCUT2D eigenvalue weighted by atomic mass is 32.1. The Morgan fingerprint density at radius 3 is 2.52 bits per heavy atom. The summed E-state index contributed by atoms with van der Waals surface area (Å²) in [5, 5.41) is 10.2. The van der Waals surface area contributed by atoms with Crippen LogP contribution in [0.3, 0.4) is 0 Å². The normalized spacial score (nSPS) is 11.7. The lowest BCUT2D eigenvalue weighted by Gasteiger charge is -2.09. The van der Waals surface area contributed by atoms with Gasteiger partial charge in [-0.2, -0.15) is 5.26 Å². The van der Waals surface area contributed by atoms with E-state index < -0.39 is 5.92 Å². The second-order valence-electron chi connectivity index (χ2n) is 4.58. The summed E-state index contributed by atoms with van der Waals surface area (Å²) in [6, 6.07) is 9.18. The lowest BCUT2D eigenvalue weighted by molar-refractivity contribution is 0.0982. The summed E-state index contributed by atoms with van der Waals surface area (Å²) in [4.78, 5) is 17.3. The van der Waals surface area contributed by atoms with Crippen LogP contribution in [0, 0.1) is 25.2 Å². The van der Waals surface area contributed by atoms with Crippen LogP contribution in [-0.4, -0.2) is 17.4 Å². The largest absolute Gasteiger partial charge is 0.494 e. The summed E-state index contributed by atoms with van der Waals surface area (Å²) in [6.07, 6.45) is 0. The fraction of sp³-hybridized carbons (Fsp3) is 0.312. The number of carbonyl (C=O) groups excluding carboxylic acids is 1. The highest BCUT2D eigenvalue weighted by Crippen LogP contribution is 2.27. The zero-order valence-corrected chi connectivity index (χ0v) is 13.0. The van der Waals surface area contributed by atoms with E-state index in [9.17, 15) is 10.1 Å². The maximum Gasteiger partial charge on any atom is 0.196 e. The number of aryl methyl sites for hydroxylation is 2. The highest BCUT2D eigenvalue weighted by Gasteiger charge is 2.25. The van der Waals surface area contributed by atoms with Gasteiger partial charge in [-0.1, -0.05) is 12.1 Å². The number of hydrogen-bond acceptors (Lipinski definition) is 5. The summed E-state index contributed by atoms with van der Waals surface area (Å²) in [5.74, 6) is -0.265. The van der Waals surface area contributed by atoms with Crippen LogP contribution in [0.25, 0.3) is 0 Å². The third-order valence-electron chi connectivity index (χ3n) is 3.04. The number of nitrogens with zero attached hydrogens (tertiary/aromatic N) is 2. The summed E-state index contributed by atoms with van der Waals surface area (Å²) in [5.41, 5.74) is 1.37. The Balaban J connectivity index is 2.29. The third-order valence-corrected chi connectivity index (χ3v) is 4.13. The van der Waals surface area contributed by atoms with Crippen molar-refractivity contribution in [1.82, 2.24) is 4.98 Å². The number of ether oxygens (including phenoxy) is 1. The molecule has 0 fully saturated rings. The Hall–Kier alpha value is -2.19. The number of carbonyl (C=O) groups is 1. The van der Waals surface area contributed by atoms with Gasteiger partial charge in [0.05, 0.1) is 28.3 Å². The number of aromatic nitrogens is 1. The van der Waals surface area contributed by atoms with Crippen molar-refractivity contribution >= 4 is 17.1 Å². The molecule has 5 heteroatoms. The topological polar surface area (TPSA) is 63.0 Å². The van der Waals surface area contributed by atoms with Gasteiger partial charge < -0.3 is 4.74 Å². The number of thiazole rings is 1. The maximum atomic E-state index is 12.5. The monoisotopic (exact) mass is 300 g/mol. The molecule has 0 aliphatic heterocycles. The van der Waals surface area contributed by atoms with E-state index in [4.69, 9.17) is 4.74 Å². The Bertz CT molecular complexity index is 683. The minimum atomic E-state index is -0.806. The highest BCUT2D eigenvalue weighted by molar-refractivity contribution is 7.13. The SMILES string of the molecule is CCOc1ccc(C(C#N)C(=O)c2sc(C)nc2C)cc1. The number of Topliss-reactive ketones (excluding diaryl/α,β-unsaturated/α-hetero) is 1. The Morgan fingerprint density at radius 2 is 2.05 bits per heavy atom. The molecule has 1 unspecified atom stereocenters. The van der Waals surface area contributed by atoms with Gasteiger partial charge in [0.2, 0.25) is 0 Å². The average Bonchev–Trinajstić information content (AvgIpc) is 2.80. The third kappa shape index (κ3) is 3.29. The number of rotatable bonds is 5. The first-order chi connectivity index (χ1) is 10.1. The van der Waals surface area contributed by atoms with E-state index in [0.29, 0.717) is 22.7 Å². The van der Waals surface area contributed by atoms with Gasteiger partial charge in [-0.25, -0.2) is 4.98 Å². The quantitative estimate of drug-likeness (QED) is 0.791. The van der Waals surface area contributed by atoms with E-state index in [1.165, 1.54) is 11.3 Å². The number of benzene rings is 1. The Labute approximate surface area is 128 Å². The molecule has 0 saturated heterocycles. The van der Waals surface area contributed by atoms with Gasteiger partial charge in [0.15, 0.2) is 5.78 Å². The molecule has 0 radical (unpaired) electrons. The van der Waals surface area contributed by atoms with Gasteiger partial charge in [0.1, 0.15) is 11.7 Å². The van der Waals surface area contributed by atoms with Crippen LogP contribution in [0.15, 0.2) is 24.3 Å².